The van der Waals surface area contributed by atoms with E-state index in [1.165, 1.54) is 11.1 Å². The van der Waals surface area contributed by atoms with E-state index in [0.717, 1.165) is 29.9 Å². The SMILES string of the molecule is Cc1ccc2nc(CCl)n(CCn3cc(C)cn3)c2c1. The monoisotopic (exact) mass is 288 g/mol. The molecule has 2 aromatic heterocycles. The third kappa shape index (κ3) is 2.43. The van der Waals surface area contributed by atoms with Gasteiger partial charge in [-0.1, -0.05) is 6.07 Å². The Morgan fingerprint density at radius 1 is 1.15 bits per heavy atom. The molecule has 0 radical (unpaired) electrons. The molecule has 20 heavy (non-hydrogen) atoms. The molecule has 1 aromatic carbocycles. The molecule has 0 spiro atoms. The molecular weight excluding hydrogens is 272 g/mol. The number of fused-ring (bicyclic) bond motifs is 1. The van der Waals surface area contributed by atoms with Gasteiger partial charge in [-0.3, -0.25) is 4.68 Å². The number of halogens is 1. The zero-order valence-corrected chi connectivity index (χ0v) is 12.4. The maximum Gasteiger partial charge on any atom is 0.124 e. The van der Waals surface area contributed by atoms with Gasteiger partial charge in [0, 0.05) is 12.7 Å². The molecule has 0 unspecified atom stereocenters. The van der Waals surface area contributed by atoms with Gasteiger partial charge < -0.3 is 4.57 Å². The van der Waals surface area contributed by atoms with E-state index in [2.05, 4.69) is 39.8 Å². The highest BCUT2D eigenvalue weighted by Gasteiger charge is 2.10. The summed E-state index contributed by atoms with van der Waals surface area (Å²) in [7, 11) is 0. The van der Waals surface area contributed by atoms with Crippen LogP contribution in [0.4, 0.5) is 0 Å². The van der Waals surface area contributed by atoms with Crippen LogP contribution in [0.15, 0.2) is 30.6 Å². The third-order valence-electron chi connectivity index (χ3n) is 3.42. The summed E-state index contributed by atoms with van der Waals surface area (Å²) in [4.78, 5) is 4.59. The van der Waals surface area contributed by atoms with Crippen LogP contribution in [-0.2, 0) is 19.0 Å². The molecule has 3 aromatic rings. The van der Waals surface area contributed by atoms with Gasteiger partial charge in [-0.2, -0.15) is 5.10 Å². The molecule has 2 heterocycles. The van der Waals surface area contributed by atoms with Crippen molar-refractivity contribution in [2.75, 3.05) is 0 Å². The van der Waals surface area contributed by atoms with Crippen molar-refractivity contribution in [3.8, 4) is 0 Å². The maximum absolute atomic E-state index is 6.02. The molecule has 0 atom stereocenters. The van der Waals surface area contributed by atoms with Gasteiger partial charge in [-0.25, -0.2) is 4.98 Å². The summed E-state index contributed by atoms with van der Waals surface area (Å²) in [5.41, 5.74) is 4.55. The zero-order chi connectivity index (χ0) is 14.1. The first kappa shape index (κ1) is 13.2. The molecule has 0 saturated carbocycles. The van der Waals surface area contributed by atoms with Crippen LogP contribution in [0.3, 0.4) is 0 Å². The highest BCUT2D eigenvalue weighted by molar-refractivity contribution is 6.16. The van der Waals surface area contributed by atoms with Gasteiger partial charge in [0.05, 0.1) is 29.7 Å². The molecule has 0 amide bonds. The summed E-state index contributed by atoms with van der Waals surface area (Å²) in [5.74, 6) is 1.34. The average Bonchev–Trinajstić information content (AvgIpc) is 2.99. The number of aromatic nitrogens is 4. The van der Waals surface area contributed by atoms with Crippen molar-refractivity contribution in [1.29, 1.82) is 0 Å². The molecule has 0 fully saturated rings. The second kappa shape index (κ2) is 5.29. The molecule has 0 aliphatic carbocycles. The summed E-state index contributed by atoms with van der Waals surface area (Å²) in [6.45, 7) is 5.78. The largest absolute Gasteiger partial charge is 0.325 e. The minimum Gasteiger partial charge on any atom is -0.325 e. The van der Waals surface area contributed by atoms with Gasteiger partial charge in [0.25, 0.3) is 0 Å². The van der Waals surface area contributed by atoms with Crippen LogP contribution in [-0.4, -0.2) is 19.3 Å². The average molecular weight is 289 g/mol. The van der Waals surface area contributed by atoms with Crippen molar-refractivity contribution in [1.82, 2.24) is 19.3 Å². The van der Waals surface area contributed by atoms with E-state index in [4.69, 9.17) is 11.6 Å². The summed E-state index contributed by atoms with van der Waals surface area (Å²) in [6, 6.07) is 6.29. The summed E-state index contributed by atoms with van der Waals surface area (Å²) in [5, 5.41) is 4.32. The van der Waals surface area contributed by atoms with Crippen LogP contribution in [0.25, 0.3) is 11.0 Å². The van der Waals surface area contributed by atoms with Crippen LogP contribution in [0.5, 0.6) is 0 Å². The smallest absolute Gasteiger partial charge is 0.124 e. The number of alkyl halides is 1. The highest BCUT2D eigenvalue weighted by Crippen LogP contribution is 2.19. The number of rotatable bonds is 4. The standard InChI is InChI=1S/C15H17ClN4/c1-11-3-4-13-14(7-11)20(15(8-16)18-13)6-5-19-10-12(2)9-17-19/h3-4,7,9-10H,5-6,8H2,1-2H3. The molecule has 4 nitrogen and oxygen atoms in total. The van der Waals surface area contributed by atoms with Crippen LogP contribution in [0, 0.1) is 13.8 Å². The number of imidazole rings is 1. The molecule has 104 valence electrons. The summed E-state index contributed by atoms with van der Waals surface area (Å²) >= 11 is 6.02. The Kier molecular flexibility index (Phi) is 3.49. The normalized spacial score (nSPS) is 11.3. The van der Waals surface area contributed by atoms with Gasteiger partial charge in [0.15, 0.2) is 0 Å². The molecule has 0 N–H and O–H groups in total. The van der Waals surface area contributed by atoms with Gasteiger partial charge in [-0.05, 0) is 37.1 Å². The van der Waals surface area contributed by atoms with E-state index in [0.29, 0.717) is 5.88 Å². The van der Waals surface area contributed by atoms with Crippen molar-refractivity contribution in [3.05, 3.63) is 47.5 Å². The number of nitrogens with zero attached hydrogens (tertiary/aromatic N) is 4. The Balaban J connectivity index is 1.94. The lowest BCUT2D eigenvalue weighted by atomic mass is 10.2. The van der Waals surface area contributed by atoms with Crippen LogP contribution in [0.1, 0.15) is 17.0 Å². The fourth-order valence-corrected chi connectivity index (χ4v) is 2.63. The number of aryl methyl sites for hydroxylation is 4. The lowest BCUT2D eigenvalue weighted by molar-refractivity contribution is 0.532. The van der Waals surface area contributed by atoms with E-state index in [1.807, 2.05) is 24.0 Å². The first-order valence-corrected chi connectivity index (χ1v) is 7.21. The van der Waals surface area contributed by atoms with E-state index in [1.54, 1.807) is 0 Å². The predicted octanol–water partition coefficient (Wildman–Crippen LogP) is 3.29. The van der Waals surface area contributed by atoms with Crippen molar-refractivity contribution in [2.45, 2.75) is 32.8 Å². The highest BCUT2D eigenvalue weighted by atomic mass is 35.5. The molecular formula is C15H17ClN4. The quantitative estimate of drug-likeness (QED) is 0.691. The van der Waals surface area contributed by atoms with Crippen LogP contribution >= 0.6 is 11.6 Å². The van der Waals surface area contributed by atoms with Crippen molar-refractivity contribution in [2.24, 2.45) is 0 Å². The van der Waals surface area contributed by atoms with Crippen molar-refractivity contribution in [3.63, 3.8) is 0 Å². The Hall–Kier alpha value is -1.81. The van der Waals surface area contributed by atoms with Crippen molar-refractivity contribution < 1.29 is 0 Å². The molecule has 0 saturated heterocycles. The Morgan fingerprint density at radius 3 is 2.70 bits per heavy atom. The van der Waals surface area contributed by atoms with Crippen LogP contribution < -0.4 is 0 Å². The van der Waals surface area contributed by atoms with Crippen molar-refractivity contribution >= 4 is 22.6 Å². The Bertz CT molecular complexity index is 741. The van der Waals surface area contributed by atoms with E-state index < -0.39 is 0 Å². The van der Waals surface area contributed by atoms with E-state index >= 15 is 0 Å². The zero-order valence-electron chi connectivity index (χ0n) is 11.7. The topological polar surface area (TPSA) is 35.6 Å². The first-order chi connectivity index (χ1) is 9.67. The van der Waals surface area contributed by atoms with E-state index in [9.17, 15) is 0 Å². The maximum atomic E-state index is 6.02. The van der Waals surface area contributed by atoms with Gasteiger partial charge in [-0.15, -0.1) is 11.6 Å². The Morgan fingerprint density at radius 2 is 2.00 bits per heavy atom. The lowest BCUT2D eigenvalue weighted by Gasteiger charge is -2.08. The summed E-state index contributed by atoms with van der Waals surface area (Å²) in [6.07, 6.45) is 3.92. The fourth-order valence-electron chi connectivity index (χ4n) is 2.43. The van der Waals surface area contributed by atoms with Gasteiger partial charge >= 0.3 is 0 Å². The second-order valence-electron chi connectivity index (χ2n) is 5.09. The minimum atomic E-state index is 0.422. The molecule has 5 heteroatoms. The van der Waals surface area contributed by atoms with Gasteiger partial charge in [0.2, 0.25) is 0 Å². The number of hydrogen-bond acceptors (Lipinski definition) is 2. The third-order valence-corrected chi connectivity index (χ3v) is 3.66. The fraction of sp³-hybridized carbons (Fsp3) is 0.333. The minimum absolute atomic E-state index is 0.422. The molecule has 0 aliphatic rings. The number of hydrogen-bond donors (Lipinski definition) is 0. The van der Waals surface area contributed by atoms with Crippen LogP contribution in [0.2, 0.25) is 0 Å². The first-order valence-electron chi connectivity index (χ1n) is 6.68. The molecule has 0 bridgehead atoms. The predicted molar refractivity (Wildman–Crippen MR) is 81.0 cm³/mol. The van der Waals surface area contributed by atoms with E-state index in [-0.39, 0.29) is 0 Å². The molecule has 0 aliphatic heterocycles. The summed E-state index contributed by atoms with van der Waals surface area (Å²) < 4.78 is 4.14. The molecule has 3 rings (SSSR count). The second-order valence-corrected chi connectivity index (χ2v) is 5.35. The van der Waals surface area contributed by atoms with Gasteiger partial charge in [0.1, 0.15) is 5.82 Å². The Labute approximate surface area is 123 Å². The number of benzene rings is 1. The lowest BCUT2D eigenvalue weighted by Crippen LogP contribution is -2.10.